The van der Waals surface area contributed by atoms with E-state index in [1.54, 1.807) is 19.2 Å². The normalized spacial score (nSPS) is 9.62. The summed E-state index contributed by atoms with van der Waals surface area (Å²) in [7, 11) is 1.55. The van der Waals surface area contributed by atoms with Crippen molar-refractivity contribution >= 4 is 12.4 Å². The number of ether oxygens (including phenoxy) is 1. The smallest absolute Gasteiger partial charge is 0.160 e. The van der Waals surface area contributed by atoms with Gasteiger partial charge >= 0.3 is 0 Å². The molecule has 92 valence electrons. The second-order valence-electron chi connectivity index (χ2n) is 3.54. The lowest BCUT2D eigenvalue weighted by atomic mass is 10.2. The summed E-state index contributed by atoms with van der Waals surface area (Å²) in [5, 5.41) is 12.9. The van der Waals surface area contributed by atoms with Crippen molar-refractivity contribution in [2.45, 2.75) is 26.3 Å². The van der Waals surface area contributed by atoms with Crippen molar-refractivity contribution in [3.63, 3.8) is 0 Å². The second kappa shape index (κ2) is 8.25. The Morgan fingerprint density at radius 1 is 1.38 bits per heavy atom. The Labute approximate surface area is 103 Å². The highest BCUT2D eigenvalue weighted by Crippen LogP contribution is 2.25. The van der Waals surface area contributed by atoms with Crippen molar-refractivity contribution in [2.24, 2.45) is 0 Å². The fourth-order valence-corrected chi connectivity index (χ4v) is 1.38. The van der Waals surface area contributed by atoms with E-state index in [0.717, 1.165) is 18.7 Å². The van der Waals surface area contributed by atoms with Crippen LogP contribution in [0.5, 0.6) is 11.5 Å². The Bertz CT molecular complexity index is 305. The van der Waals surface area contributed by atoms with E-state index >= 15 is 0 Å². The maximum atomic E-state index is 9.54. The fourth-order valence-electron chi connectivity index (χ4n) is 1.38. The Balaban J connectivity index is 0.00000225. The predicted octanol–water partition coefficient (Wildman–Crippen LogP) is 2.71. The van der Waals surface area contributed by atoms with E-state index in [0.29, 0.717) is 5.75 Å². The zero-order chi connectivity index (χ0) is 11.1. The van der Waals surface area contributed by atoms with Crippen LogP contribution in [-0.4, -0.2) is 18.8 Å². The molecule has 0 aromatic heterocycles. The monoisotopic (exact) mass is 245 g/mol. The second-order valence-corrected chi connectivity index (χ2v) is 3.54. The largest absolute Gasteiger partial charge is 0.504 e. The minimum atomic E-state index is 0. The van der Waals surface area contributed by atoms with Gasteiger partial charge in [0.2, 0.25) is 0 Å². The quantitative estimate of drug-likeness (QED) is 0.758. The third-order valence-electron chi connectivity index (χ3n) is 2.28. The summed E-state index contributed by atoms with van der Waals surface area (Å²) in [5.41, 5.74) is 1.07. The van der Waals surface area contributed by atoms with Crippen LogP contribution in [-0.2, 0) is 6.54 Å². The molecule has 0 aliphatic heterocycles. The van der Waals surface area contributed by atoms with E-state index in [4.69, 9.17) is 4.74 Å². The molecule has 2 N–H and O–H groups in total. The van der Waals surface area contributed by atoms with Gasteiger partial charge in [0.1, 0.15) is 0 Å². The number of aromatic hydroxyl groups is 1. The molecule has 1 rings (SSSR count). The summed E-state index contributed by atoms with van der Waals surface area (Å²) in [6.45, 7) is 3.97. The van der Waals surface area contributed by atoms with Crippen LogP contribution >= 0.6 is 12.4 Å². The number of halogens is 1. The Morgan fingerprint density at radius 2 is 2.12 bits per heavy atom. The highest BCUT2D eigenvalue weighted by Gasteiger charge is 2.01. The van der Waals surface area contributed by atoms with Gasteiger partial charge < -0.3 is 15.2 Å². The molecule has 0 aliphatic rings. The molecule has 16 heavy (non-hydrogen) atoms. The van der Waals surface area contributed by atoms with Crippen LogP contribution in [0.4, 0.5) is 0 Å². The van der Waals surface area contributed by atoms with E-state index in [-0.39, 0.29) is 18.2 Å². The molecule has 0 unspecified atom stereocenters. The van der Waals surface area contributed by atoms with Gasteiger partial charge in [-0.05, 0) is 30.7 Å². The summed E-state index contributed by atoms with van der Waals surface area (Å²) < 4.78 is 4.97. The first-order chi connectivity index (χ1) is 7.27. The molecule has 0 aliphatic carbocycles. The Kier molecular flexibility index (Phi) is 7.77. The van der Waals surface area contributed by atoms with Gasteiger partial charge in [0, 0.05) is 6.54 Å². The van der Waals surface area contributed by atoms with Crippen LogP contribution < -0.4 is 10.1 Å². The van der Waals surface area contributed by atoms with Gasteiger partial charge in [-0.3, -0.25) is 0 Å². The Hall–Kier alpha value is -0.930. The fraction of sp³-hybridized carbons (Fsp3) is 0.500. The highest BCUT2D eigenvalue weighted by molar-refractivity contribution is 5.85. The lowest BCUT2D eigenvalue weighted by Gasteiger charge is -2.07. The molecule has 1 aromatic rings. The summed E-state index contributed by atoms with van der Waals surface area (Å²) in [4.78, 5) is 0. The van der Waals surface area contributed by atoms with Crippen LogP contribution in [0.15, 0.2) is 18.2 Å². The van der Waals surface area contributed by atoms with Crippen LogP contribution in [0.25, 0.3) is 0 Å². The molecule has 0 amide bonds. The zero-order valence-electron chi connectivity index (χ0n) is 9.82. The molecule has 0 saturated heterocycles. The number of benzene rings is 1. The maximum Gasteiger partial charge on any atom is 0.160 e. The maximum absolute atomic E-state index is 9.54. The molecule has 0 heterocycles. The summed E-state index contributed by atoms with van der Waals surface area (Å²) in [6, 6.07) is 5.47. The van der Waals surface area contributed by atoms with Gasteiger partial charge in [-0.1, -0.05) is 19.4 Å². The first-order valence-corrected chi connectivity index (χ1v) is 5.34. The van der Waals surface area contributed by atoms with Crippen LogP contribution in [0.2, 0.25) is 0 Å². The van der Waals surface area contributed by atoms with Gasteiger partial charge in [-0.2, -0.15) is 0 Å². The van der Waals surface area contributed by atoms with Gasteiger partial charge in [-0.25, -0.2) is 0 Å². The summed E-state index contributed by atoms with van der Waals surface area (Å²) >= 11 is 0. The van der Waals surface area contributed by atoms with Crippen molar-refractivity contribution < 1.29 is 9.84 Å². The van der Waals surface area contributed by atoms with Crippen molar-refractivity contribution in [1.82, 2.24) is 5.32 Å². The topological polar surface area (TPSA) is 41.5 Å². The number of hydrogen-bond donors (Lipinski definition) is 2. The van der Waals surface area contributed by atoms with E-state index in [1.807, 2.05) is 6.07 Å². The number of unbranched alkanes of at least 4 members (excludes halogenated alkanes) is 1. The molecule has 4 heteroatoms. The van der Waals surface area contributed by atoms with E-state index in [1.165, 1.54) is 12.8 Å². The average molecular weight is 246 g/mol. The minimum Gasteiger partial charge on any atom is -0.504 e. The zero-order valence-corrected chi connectivity index (χ0v) is 10.6. The Morgan fingerprint density at radius 3 is 2.69 bits per heavy atom. The highest BCUT2D eigenvalue weighted by atomic mass is 35.5. The van der Waals surface area contributed by atoms with Crippen molar-refractivity contribution in [1.29, 1.82) is 0 Å². The van der Waals surface area contributed by atoms with Gasteiger partial charge in [0.05, 0.1) is 7.11 Å². The molecule has 0 atom stereocenters. The minimum absolute atomic E-state index is 0. The van der Waals surface area contributed by atoms with Gasteiger partial charge in [0.25, 0.3) is 0 Å². The summed E-state index contributed by atoms with van der Waals surface area (Å²) in [5.74, 6) is 0.722. The number of nitrogens with one attached hydrogen (secondary N) is 1. The number of phenols is 1. The first-order valence-electron chi connectivity index (χ1n) is 5.34. The van der Waals surface area contributed by atoms with E-state index in [9.17, 15) is 5.11 Å². The number of hydrogen-bond acceptors (Lipinski definition) is 3. The summed E-state index contributed by atoms with van der Waals surface area (Å²) in [6.07, 6.45) is 2.38. The molecule has 0 saturated carbocycles. The van der Waals surface area contributed by atoms with Crippen molar-refractivity contribution in [3.05, 3.63) is 23.8 Å². The standard InChI is InChI=1S/C12H19NO2.ClH/c1-3-4-7-13-9-10-5-6-12(15-2)11(14)8-10;/h5-6,8,13-14H,3-4,7,9H2,1-2H3;1H. The van der Waals surface area contributed by atoms with Gasteiger partial charge in [0.15, 0.2) is 11.5 Å². The van der Waals surface area contributed by atoms with E-state index in [2.05, 4.69) is 12.2 Å². The van der Waals surface area contributed by atoms with Gasteiger partial charge in [-0.15, -0.1) is 12.4 Å². The van der Waals surface area contributed by atoms with Crippen LogP contribution in [0.3, 0.4) is 0 Å². The SMILES string of the molecule is CCCCNCc1ccc(OC)c(O)c1.Cl. The molecule has 0 spiro atoms. The molecule has 0 radical (unpaired) electrons. The third kappa shape index (κ3) is 4.73. The van der Waals surface area contributed by atoms with Crippen LogP contribution in [0, 0.1) is 0 Å². The van der Waals surface area contributed by atoms with Crippen molar-refractivity contribution in [3.8, 4) is 11.5 Å². The molecule has 0 bridgehead atoms. The molecule has 0 fully saturated rings. The van der Waals surface area contributed by atoms with Crippen LogP contribution in [0.1, 0.15) is 25.3 Å². The number of phenolic OH excluding ortho intramolecular Hbond substituents is 1. The molecule has 1 aromatic carbocycles. The predicted molar refractivity (Wildman–Crippen MR) is 68.5 cm³/mol. The van der Waals surface area contributed by atoms with E-state index < -0.39 is 0 Å². The lowest BCUT2D eigenvalue weighted by molar-refractivity contribution is 0.373. The third-order valence-corrected chi connectivity index (χ3v) is 2.28. The molecular weight excluding hydrogens is 226 g/mol. The number of rotatable bonds is 6. The molecular formula is C12H20ClNO2. The molecule has 3 nitrogen and oxygen atoms in total. The number of methoxy groups -OCH3 is 1. The first kappa shape index (κ1) is 15.1. The lowest BCUT2D eigenvalue weighted by Crippen LogP contribution is -2.14. The van der Waals surface area contributed by atoms with Crippen molar-refractivity contribution in [2.75, 3.05) is 13.7 Å². The average Bonchev–Trinajstić information content (AvgIpc) is 2.25.